The van der Waals surface area contributed by atoms with E-state index in [1.54, 1.807) is 18.3 Å². The molecule has 0 bridgehead atoms. The zero-order chi connectivity index (χ0) is 10.1. The smallest absolute Gasteiger partial charge is 0.250 e. The van der Waals surface area contributed by atoms with Crippen LogP contribution in [0.3, 0.4) is 0 Å². The van der Waals surface area contributed by atoms with Crippen molar-refractivity contribution in [2.24, 2.45) is 5.73 Å². The largest absolute Gasteiger partial charge is 0.393 e. The van der Waals surface area contributed by atoms with Crippen LogP contribution in [-0.4, -0.2) is 22.1 Å². The van der Waals surface area contributed by atoms with Crippen molar-refractivity contribution in [3.05, 3.63) is 29.6 Å². The molecule has 2 rings (SSSR count). The molecule has 0 spiro atoms. The molecule has 14 heavy (non-hydrogen) atoms. The Morgan fingerprint density at radius 2 is 2.29 bits per heavy atom. The van der Waals surface area contributed by atoms with Gasteiger partial charge in [-0.2, -0.15) is 0 Å². The standard InChI is InChI=1S/C10H12N2O2/c11-10(14)8-2-1-3-12-9(8)6-4-7(13)5-6/h1-3,6-7,13H,4-5H2,(H2,11,14). The number of rotatable bonds is 2. The van der Waals surface area contributed by atoms with Gasteiger partial charge in [-0.15, -0.1) is 0 Å². The normalized spacial score (nSPS) is 25.5. The second-order valence-electron chi connectivity index (χ2n) is 3.62. The number of hydrogen-bond donors (Lipinski definition) is 2. The third-order valence-corrected chi connectivity index (χ3v) is 2.60. The van der Waals surface area contributed by atoms with Crippen LogP contribution in [0.2, 0.25) is 0 Å². The number of amides is 1. The van der Waals surface area contributed by atoms with Crippen molar-refractivity contribution in [1.82, 2.24) is 4.98 Å². The van der Waals surface area contributed by atoms with Crippen LogP contribution in [0.25, 0.3) is 0 Å². The molecule has 0 aliphatic heterocycles. The average Bonchev–Trinajstić information content (AvgIpc) is 2.13. The zero-order valence-corrected chi connectivity index (χ0v) is 7.68. The topological polar surface area (TPSA) is 76.2 Å². The number of aromatic nitrogens is 1. The van der Waals surface area contributed by atoms with Crippen molar-refractivity contribution < 1.29 is 9.90 Å². The maximum Gasteiger partial charge on any atom is 0.250 e. The van der Waals surface area contributed by atoms with Crippen LogP contribution in [0.4, 0.5) is 0 Å². The molecule has 0 aromatic carbocycles. The van der Waals surface area contributed by atoms with E-state index in [1.165, 1.54) is 0 Å². The number of hydrogen-bond acceptors (Lipinski definition) is 3. The van der Waals surface area contributed by atoms with Crippen molar-refractivity contribution in [3.63, 3.8) is 0 Å². The van der Waals surface area contributed by atoms with E-state index in [2.05, 4.69) is 4.98 Å². The first-order chi connectivity index (χ1) is 6.68. The number of aliphatic hydroxyl groups is 1. The van der Waals surface area contributed by atoms with Gasteiger partial charge in [-0.25, -0.2) is 0 Å². The molecule has 1 saturated carbocycles. The highest BCUT2D eigenvalue weighted by molar-refractivity contribution is 5.94. The third-order valence-electron chi connectivity index (χ3n) is 2.60. The molecule has 1 aliphatic rings. The lowest BCUT2D eigenvalue weighted by Crippen LogP contribution is -2.29. The van der Waals surface area contributed by atoms with Crippen LogP contribution >= 0.6 is 0 Å². The van der Waals surface area contributed by atoms with Gasteiger partial charge >= 0.3 is 0 Å². The summed E-state index contributed by atoms with van der Waals surface area (Å²) in [4.78, 5) is 15.2. The van der Waals surface area contributed by atoms with Crippen LogP contribution in [0.15, 0.2) is 18.3 Å². The highest BCUT2D eigenvalue weighted by Crippen LogP contribution is 2.36. The Hall–Kier alpha value is -1.42. The van der Waals surface area contributed by atoms with E-state index in [0.29, 0.717) is 18.4 Å². The fourth-order valence-corrected chi connectivity index (χ4v) is 1.76. The number of nitrogens with two attached hydrogens (primary N) is 1. The molecule has 0 saturated heterocycles. The van der Waals surface area contributed by atoms with Crippen LogP contribution in [0, 0.1) is 0 Å². The van der Waals surface area contributed by atoms with E-state index in [9.17, 15) is 4.79 Å². The second kappa shape index (κ2) is 3.38. The van der Waals surface area contributed by atoms with Crippen molar-refractivity contribution >= 4 is 5.91 Å². The molecular weight excluding hydrogens is 180 g/mol. The quantitative estimate of drug-likeness (QED) is 0.712. The van der Waals surface area contributed by atoms with E-state index in [1.807, 2.05) is 0 Å². The minimum Gasteiger partial charge on any atom is -0.393 e. The number of aliphatic hydroxyl groups excluding tert-OH is 1. The predicted octanol–water partition coefficient (Wildman–Crippen LogP) is 0.419. The SMILES string of the molecule is NC(=O)c1cccnc1C1CC(O)C1. The van der Waals surface area contributed by atoms with E-state index in [0.717, 1.165) is 5.69 Å². The Morgan fingerprint density at radius 3 is 2.86 bits per heavy atom. The summed E-state index contributed by atoms with van der Waals surface area (Å²) >= 11 is 0. The summed E-state index contributed by atoms with van der Waals surface area (Å²) in [6, 6.07) is 3.37. The highest BCUT2D eigenvalue weighted by Gasteiger charge is 2.31. The van der Waals surface area contributed by atoms with Crippen molar-refractivity contribution in [2.45, 2.75) is 24.9 Å². The molecule has 4 nitrogen and oxygen atoms in total. The first-order valence-electron chi connectivity index (χ1n) is 4.61. The van der Waals surface area contributed by atoms with Gasteiger partial charge in [-0.05, 0) is 25.0 Å². The Morgan fingerprint density at radius 1 is 1.57 bits per heavy atom. The van der Waals surface area contributed by atoms with Crippen LogP contribution in [0.1, 0.15) is 34.8 Å². The number of carbonyl (C=O) groups excluding carboxylic acids is 1. The van der Waals surface area contributed by atoms with Crippen LogP contribution in [-0.2, 0) is 0 Å². The molecule has 1 amide bonds. The van der Waals surface area contributed by atoms with Gasteiger partial charge in [0.05, 0.1) is 17.4 Å². The maximum atomic E-state index is 11.1. The lowest BCUT2D eigenvalue weighted by molar-refractivity contribution is 0.0723. The summed E-state index contributed by atoms with van der Waals surface area (Å²) in [5, 5.41) is 9.17. The van der Waals surface area contributed by atoms with Gasteiger partial charge in [0.2, 0.25) is 0 Å². The van der Waals surface area contributed by atoms with Gasteiger partial charge in [0.1, 0.15) is 0 Å². The Bertz CT molecular complexity index is 359. The number of pyridine rings is 1. The molecule has 1 fully saturated rings. The molecule has 0 unspecified atom stereocenters. The third kappa shape index (κ3) is 1.48. The summed E-state index contributed by atoms with van der Waals surface area (Å²) < 4.78 is 0. The summed E-state index contributed by atoms with van der Waals surface area (Å²) in [5.41, 5.74) is 6.43. The number of nitrogens with zero attached hydrogens (tertiary/aromatic N) is 1. The minimum absolute atomic E-state index is 0.189. The van der Waals surface area contributed by atoms with Gasteiger partial charge in [0.25, 0.3) is 5.91 Å². The van der Waals surface area contributed by atoms with E-state index < -0.39 is 5.91 Å². The lowest BCUT2D eigenvalue weighted by atomic mass is 9.78. The average molecular weight is 192 g/mol. The number of primary amides is 1. The van der Waals surface area contributed by atoms with E-state index >= 15 is 0 Å². The van der Waals surface area contributed by atoms with Crippen molar-refractivity contribution in [3.8, 4) is 0 Å². The molecule has 0 radical (unpaired) electrons. The minimum atomic E-state index is -0.450. The molecule has 1 aromatic rings. The van der Waals surface area contributed by atoms with Gasteiger partial charge in [0, 0.05) is 12.1 Å². The fourth-order valence-electron chi connectivity index (χ4n) is 1.76. The summed E-state index contributed by atoms with van der Waals surface area (Å²) in [6.07, 6.45) is 2.75. The van der Waals surface area contributed by atoms with E-state index in [4.69, 9.17) is 10.8 Å². The Labute approximate surface area is 81.8 Å². The predicted molar refractivity (Wildman–Crippen MR) is 50.7 cm³/mol. The molecule has 4 heteroatoms. The van der Waals surface area contributed by atoms with Gasteiger partial charge in [-0.3, -0.25) is 9.78 Å². The summed E-state index contributed by atoms with van der Waals surface area (Å²) in [5.74, 6) is -0.261. The zero-order valence-electron chi connectivity index (χ0n) is 7.68. The number of carbonyl (C=O) groups is 1. The molecule has 1 aliphatic carbocycles. The Kier molecular flexibility index (Phi) is 2.21. The molecule has 74 valence electrons. The maximum absolute atomic E-state index is 11.1. The summed E-state index contributed by atoms with van der Waals surface area (Å²) in [7, 11) is 0. The molecule has 1 heterocycles. The van der Waals surface area contributed by atoms with Crippen LogP contribution in [0.5, 0.6) is 0 Å². The lowest BCUT2D eigenvalue weighted by Gasteiger charge is -2.31. The molecular formula is C10H12N2O2. The Balaban J connectivity index is 2.28. The fraction of sp³-hybridized carbons (Fsp3) is 0.400. The molecule has 1 aromatic heterocycles. The van der Waals surface area contributed by atoms with E-state index in [-0.39, 0.29) is 12.0 Å². The highest BCUT2D eigenvalue weighted by atomic mass is 16.3. The first kappa shape index (κ1) is 9.15. The van der Waals surface area contributed by atoms with Crippen molar-refractivity contribution in [1.29, 1.82) is 0 Å². The monoisotopic (exact) mass is 192 g/mol. The first-order valence-corrected chi connectivity index (χ1v) is 4.61. The van der Waals surface area contributed by atoms with Gasteiger partial charge < -0.3 is 10.8 Å². The van der Waals surface area contributed by atoms with Gasteiger partial charge in [0.15, 0.2) is 0 Å². The molecule has 0 atom stereocenters. The van der Waals surface area contributed by atoms with Crippen LogP contribution < -0.4 is 5.73 Å². The second-order valence-corrected chi connectivity index (χ2v) is 3.62. The summed E-state index contributed by atoms with van der Waals surface area (Å²) in [6.45, 7) is 0. The molecule has 3 N–H and O–H groups in total. The van der Waals surface area contributed by atoms with Gasteiger partial charge in [-0.1, -0.05) is 0 Å². The van der Waals surface area contributed by atoms with Crippen molar-refractivity contribution in [2.75, 3.05) is 0 Å².